The van der Waals surface area contributed by atoms with Gasteiger partial charge in [-0.25, -0.2) is 0 Å². The summed E-state index contributed by atoms with van der Waals surface area (Å²) in [5, 5.41) is 3.42. The van der Waals surface area contributed by atoms with Crippen LogP contribution in [-0.2, 0) is 9.59 Å². The summed E-state index contributed by atoms with van der Waals surface area (Å²) in [5.74, 6) is -0.246. The van der Waals surface area contributed by atoms with Gasteiger partial charge in [-0.15, -0.1) is 12.6 Å². The fraction of sp³-hybridized carbons (Fsp3) is 0.412. The Bertz CT molecular complexity index is 517. The van der Waals surface area contributed by atoms with E-state index in [1.807, 2.05) is 39.0 Å². The first-order valence-corrected chi connectivity index (χ1v) is 7.40. The Kier molecular flexibility index (Phi) is 6.21. The van der Waals surface area contributed by atoms with Crippen molar-refractivity contribution in [2.45, 2.75) is 33.6 Å². The molecule has 0 saturated heterocycles. The first kappa shape index (κ1) is 17.5. The predicted molar refractivity (Wildman–Crippen MR) is 90.1 cm³/mol. The van der Waals surface area contributed by atoms with Crippen molar-refractivity contribution in [2.24, 2.45) is 5.41 Å². The average Bonchev–Trinajstić information content (AvgIpc) is 2.34. The highest BCUT2D eigenvalue weighted by Gasteiger charge is 2.36. The Morgan fingerprint density at radius 3 is 2.38 bits per heavy atom. The number of Topliss-reactive ketones (excluding diaryl/α,β-unsaturated/α-hetero) is 2. The van der Waals surface area contributed by atoms with Crippen LogP contribution in [0, 0.1) is 5.41 Å². The Morgan fingerprint density at radius 2 is 1.86 bits per heavy atom. The van der Waals surface area contributed by atoms with Crippen LogP contribution >= 0.6 is 12.6 Å². The van der Waals surface area contributed by atoms with Crippen molar-refractivity contribution in [3.63, 3.8) is 0 Å². The van der Waals surface area contributed by atoms with Crippen molar-refractivity contribution in [3.05, 3.63) is 47.1 Å². The standard InChI is InChI=1S/C17H23NO2S/c1-5-6-7-8-12(2)11-18-16(21)15-13(19)9-17(3,4)10-14(15)20/h5-8,18,21H,1,9-11H2,2-4H3/b7-6-,12-8+. The predicted octanol–water partition coefficient (Wildman–Crippen LogP) is 3.36. The van der Waals surface area contributed by atoms with Crippen molar-refractivity contribution in [3.8, 4) is 0 Å². The van der Waals surface area contributed by atoms with E-state index in [0.29, 0.717) is 24.4 Å². The molecule has 1 N–H and O–H groups in total. The van der Waals surface area contributed by atoms with Crippen molar-refractivity contribution < 1.29 is 9.59 Å². The zero-order valence-electron chi connectivity index (χ0n) is 12.9. The molecule has 0 bridgehead atoms. The van der Waals surface area contributed by atoms with Crippen LogP contribution in [-0.4, -0.2) is 18.1 Å². The highest BCUT2D eigenvalue weighted by molar-refractivity contribution is 7.84. The quantitative estimate of drug-likeness (QED) is 0.354. The summed E-state index contributed by atoms with van der Waals surface area (Å²) in [6, 6.07) is 0. The lowest BCUT2D eigenvalue weighted by atomic mass is 9.74. The molecule has 0 radical (unpaired) electrons. The van der Waals surface area contributed by atoms with E-state index in [4.69, 9.17) is 0 Å². The molecule has 1 fully saturated rings. The van der Waals surface area contributed by atoms with Gasteiger partial charge in [0.05, 0.1) is 10.6 Å². The number of hydrogen-bond acceptors (Lipinski definition) is 4. The van der Waals surface area contributed by atoms with Crippen LogP contribution in [0.1, 0.15) is 33.6 Å². The zero-order chi connectivity index (χ0) is 16.0. The molecule has 1 saturated carbocycles. The van der Waals surface area contributed by atoms with E-state index in [9.17, 15) is 9.59 Å². The van der Waals surface area contributed by atoms with Gasteiger partial charge in [0.1, 0.15) is 0 Å². The Balaban J connectivity index is 2.77. The number of carbonyl (C=O) groups is 2. The molecule has 0 aromatic heterocycles. The number of nitrogens with one attached hydrogen (secondary N) is 1. The summed E-state index contributed by atoms with van der Waals surface area (Å²) in [7, 11) is 0. The molecule has 0 spiro atoms. The van der Waals surface area contributed by atoms with Crippen LogP contribution in [0.3, 0.4) is 0 Å². The van der Waals surface area contributed by atoms with Crippen molar-refractivity contribution in [1.29, 1.82) is 0 Å². The van der Waals surface area contributed by atoms with E-state index >= 15 is 0 Å². The SMILES string of the molecule is C=C/C=C\C=C(/C)CNC(S)=C1C(=O)CC(C)(C)CC1=O. The van der Waals surface area contributed by atoms with E-state index in [0.717, 1.165) is 5.57 Å². The van der Waals surface area contributed by atoms with Gasteiger partial charge in [-0.2, -0.15) is 0 Å². The van der Waals surface area contributed by atoms with Gasteiger partial charge in [-0.05, 0) is 12.3 Å². The van der Waals surface area contributed by atoms with E-state index in [-0.39, 0.29) is 22.6 Å². The third kappa shape index (κ3) is 5.38. The summed E-state index contributed by atoms with van der Waals surface area (Å²) in [4.78, 5) is 24.2. The molecule has 0 amide bonds. The minimum absolute atomic E-state index is 0.123. The van der Waals surface area contributed by atoms with Gasteiger partial charge in [0.2, 0.25) is 0 Å². The molecule has 1 aliphatic carbocycles. The number of hydrogen-bond donors (Lipinski definition) is 2. The van der Waals surface area contributed by atoms with Crippen molar-refractivity contribution in [2.75, 3.05) is 6.54 Å². The molecule has 0 aliphatic heterocycles. The Hall–Kier alpha value is -1.55. The van der Waals surface area contributed by atoms with Gasteiger partial charge in [0, 0.05) is 19.4 Å². The first-order valence-electron chi connectivity index (χ1n) is 6.95. The van der Waals surface area contributed by atoms with E-state index in [1.54, 1.807) is 6.08 Å². The summed E-state index contributed by atoms with van der Waals surface area (Å²) < 4.78 is 0. The van der Waals surface area contributed by atoms with Crippen LogP contribution in [0.5, 0.6) is 0 Å². The summed E-state index contributed by atoms with van der Waals surface area (Å²) in [5.41, 5.74) is 1.03. The number of carbonyl (C=O) groups excluding carboxylic acids is 2. The lowest BCUT2D eigenvalue weighted by molar-refractivity contribution is -0.127. The highest BCUT2D eigenvalue weighted by atomic mass is 32.1. The Morgan fingerprint density at radius 1 is 1.29 bits per heavy atom. The van der Waals surface area contributed by atoms with Gasteiger partial charge >= 0.3 is 0 Å². The number of ketones is 2. The van der Waals surface area contributed by atoms with Crippen LogP contribution in [0.2, 0.25) is 0 Å². The third-order valence-corrected chi connectivity index (χ3v) is 3.62. The van der Waals surface area contributed by atoms with E-state index in [1.165, 1.54) is 0 Å². The Labute approximate surface area is 132 Å². The normalized spacial score (nSPS) is 19.0. The maximum atomic E-state index is 12.1. The van der Waals surface area contributed by atoms with Crippen molar-refractivity contribution >= 4 is 24.2 Å². The lowest BCUT2D eigenvalue weighted by Gasteiger charge is -2.29. The molecule has 0 heterocycles. The maximum Gasteiger partial charge on any atom is 0.169 e. The second-order valence-corrected chi connectivity index (χ2v) is 6.52. The molecule has 114 valence electrons. The molecule has 0 atom stereocenters. The monoisotopic (exact) mass is 305 g/mol. The van der Waals surface area contributed by atoms with Crippen molar-refractivity contribution in [1.82, 2.24) is 5.32 Å². The second-order valence-electron chi connectivity index (χ2n) is 6.07. The fourth-order valence-corrected chi connectivity index (χ4v) is 2.53. The minimum Gasteiger partial charge on any atom is -0.376 e. The van der Waals surface area contributed by atoms with Gasteiger partial charge in [0.25, 0.3) is 0 Å². The van der Waals surface area contributed by atoms with Gasteiger partial charge in [0.15, 0.2) is 11.6 Å². The fourth-order valence-electron chi connectivity index (χ4n) is 2.20. The summed E-state index contributed by atoms with van der Waals surface area (Å²) >= 11 is 4.30. The smallest absolute Gasteiger partial charge is 0.169 e. The minimum atomic E-state index is -0.253. The molecule has 4 heteroatoms. The molecule has 1 aliphatic rings. The molecule has 0 aromatic carbocycles. The number of rotatable bonds is 5. The van der Waals surface area contributed by atoms with Crippen LogP contribution < -0.4 is 5.32 Å². The van der Waals surface area contributed by atoms with Crippen LogP contribution in [0.4, 0.5) is 0 Å². The largest absolute Gasteiger partial charge is 0.376 e. The summed E-state index contributed by atoms with van der Waals surface area (Å²) in [6.45, 7) is 9.96. The lowest BCUT2D eigenvalue weighted by Crippen LogP contribution is -2.33. The molecule has 1 rings (SSSR count). The molecule has 0 unspecified atom stereocenters. The third-order valence-electron chi connectivity index (χ3n) is 3.24. The maximum absolute atomic E-state index is 12.1. The van der Waals surface area contributed by atoms with E-state index < -0.39 is 0 Å². The van der Waals surface area contributed by atoms with E-state index in [2.05, 4.69) is 24.5 Å². The molecule has 0 aromatic rings. The zero-order valence-corrected chi connectivity index (χ0v) is 13.8. The number of thiol groups is 1. The molecule has 3 nitrogen and oxygen atoms in total. The highest BCUT2D eigenvalue weighted by Crippen LogP contribution is 2.34. The van der Waals surface area contributed by atoms with Gasteiger partial charge in [-0.3, -0.25) is 9.59 Å². The van der Waals surface area contributed by atoms with Crippen LogP contribution in [0.25, 0.3) is 0 Å². The van der Waals surface area contributed by atoms with Gasteiger partial charge < -0.3 is 5.32 Å². The second kappa shape index (κ2) is 7.46. The summed E-state index contributed by atoms with van der Waals surface area (Å²) in [6.07, 6.45) is 8.13. The first-order chi connectivity index (χ1) is 9.76. The average molecular weight is 305 g/mol. The van der Waals surface area contributed by atoms with Crippen LogP contribution in [0.15, 0.2) is 47.1 Å². The molecule has 21 heavy (non-hydrogen) atoms. The molecular weight excluding hydrogens is 282 g/mol. The topological polar surface area (TPSA) is 46.2 Å². The molecular formula is C17H23NO2S. The van der Waals surface area contributed by atoms with Gasteiger partial charge in [-0.1, -0.05) is 50.3 Å². The number of allylic oxidation sites excluding steroid dienone is 5.